The zero-order chi connectivity index (χ0) is 11.6. The summed E-state index contributed by atoms with van der Waals surface area (Å²) in [6.07, 6.45) is 0. The second-order valence-electron chi connectivity index (χ2n) is 4.05. The quantitative estimate of drug-likeness (QED) is 0.773. The lowest BCUT2D eigenvalue weighted by molar-refractivity contribution is 0.444. The van der Waals surface area contributed by atoms with E-state index >= 15 is 0 Å². The van der Waals surface area contributed by atoms with E-state index in [4.69, 9.17) is 27.6 Å². The Hall–Kier alpha value is -0.223. The highest BCUT2D eigenvalue weighted by Gasteiger charge is 2.27. The largest absolute Gasteiger partial charge is 0.530 e. The standard InChI is InChI=1S/C10H15Cl2NOSi/c1-13(2)15(3,4)14-10-6-8(11)5-9(12)7-10/h5-7H,1-4H3. The van der Waals surface area contributed by atoms with Crippen molar-refractivity contribution < 1.29 is 4.43 Å². The zero-order valence-electron chi connectivity index (χ0n) is 9.34. The summed E-state index contributed by atoms with van der Waals surface area (Å²) in [4.78, 5) is 0. The molecule has 0 radical (unpaired) electrons. The topological polar surface area (TPSA) is 12.5 Å². The van der Waals surface area contributed by atoms with Crippen LogP contribution in [0.4, 0.5) is 0 Å². The molecule has 0 N–H and O–H groups in total. The molecule has 0 bridgehead atoms. The lowest BCUT2D eigenvalue weighted by atomic mass is 10.3. The van der Waals surface area contributed by atoms with Crippen molar-refractivity contribution >= 4 is 31.7 Å². The number of nitrogens with zero attached hydrogens (tertiary/aromatic N) is 1. The molecule has 0 saturated carbocycles. The highest BCUT2D eigenvalue weighted by atomic mass is 35.5. The molecule has 2 nitrogen and oxygen atoms in total. The summed E-state index contributed by atoms with van der Waals surface area (Å²) in [5.41, 5.74) is 0. The third kappa shape index (κ3) is 3.68. The maximum Gasteiger partial charge on any atom is 0.324 e. The average Bonchev–Trinajstić information content (AvgIpc) is 1.99. The van der Waals surface area contributed by atoms with E-state index < -0.39 is 8.48 Å². The fraction of sp³-hybridized carbons (Fsp3) is 0.400. The van der Waals surface area contributed by atoms with E-state index in [2.05, 4.69) is 17.7 Å². The fourth-order valence-electron chi connectivity index (χ4n) is 0.967. The fourth-order valence-corrected chi connectivity index (χ4v) is 2.35. The number of hydrogen-bond acceptors (Lipinski definition) is 2. The van der Waals surface area contributed by atoms with Crippen LogP contribution in [-0.4, -0.2) is 27.1 Å². The third-order valence-corrected chi connectivity index (χ3v) is 5.61. The Kier molecular flexibility index (Phi) is 4.06. The van der Waals surface area contributed by atoms with E-state index in [9.17, 15) is 0 Å². The second-order valence-corrected chi connectivity index (χ2v) is 8.91. The van der Waals surface area contributed by atoms with Gasteiger partial charge in [-0.15, -0.1) is 0 Å². The van der Waals surface area contributed by atoms with Crippen LogP contribution in [0.3, 0.4) is 0 Å². The van der Waals surface area contributed by atoms with E-state index in [1.54, 1.807) is 18.2 Å². The summed E-state index contributed by atoms with van der Waals surface area (Å²) in [6, 6.07) is 5.26. The van der Waals surface area contributed by atoms with E-state index in [0.717, 1.165) is 5.75 Å². The molecule has 0 aliphatic rings. The van der Waals surface area contributed by atoms with Crippen molar-refractivity contribution in [3.05, 3.63) is 28.2 Å². The van der Waals surface area contributed by atoms with Gasteiger partial charge in [-0.3, -0.25) is 4.57 Å². The minimum absolute atomic E-state index is 0.598. The molecule has 1 aromatic rings. The Morgan fingerprint density at radius 2 is 1.53 bits per heavy atom. The normalized spacial score (nSPS) is 11.9. The third-order valence-electron chi connectivity index (χ3n) is 2.28. The first-order valence-corrected chi connectivity index (χ1v) is 8.25. The Morgan fingerprint density at radius 1 is 1.07 bits per heavy atom. The lowest BCUT2D eigenvalue weighted by Crippen LogP contribution is -2.49. The van der Waals surface area contributed by atoms with Gasteiger partial charge in [0, 0.05) is 10.0 Å². The summed E-state index contributed by atoms with van der Waals surface area (Å²) in [7, 11) is 2.17. The van der Waals surface area contributed by atoms with Gasteiger partial charge in [0.2, 0.25) is 0 Å². The molecule has 1 rings (SSSR count). The van der Waals surface area contributed by atoms with Crippen LogP contribution in [0, 0.1) is 0 Å². The highest BCUT2D eigenvalue weighted by Crippen LogP contribution is 2.26. The van der Waals surface area contributed by atoms with Gasteiger partial charge in [0.25, 0.3) is 0 Å². The van der Waals surface area contributed by atoms with Crippen molar-refractivity contribution in [3.63, 3.8) is 0 Å². The van der Waals surface area contributed by atoms with E-state index in [1.807, 2.05) is 14.1 Å². The van der Waals surface area contributed by atoms with Crippen molar-refractivity contribution in [2.24, 2.45) is 0 Å². The summed E-state index contributed by atoms with van der Waals surface area (Å²) in [5.74, 6) is 0.734. The van der Waals surface area contributed by atoms with Gasteiger partial charge >= 0.3 is 8.48 Å². The predicted molar refractivity (Wildman–Crippen MR) is 68.3 cm³/mol. The van der Waals surface area contributed by atoms with Gasteiger partial charge in [-0.2, -0.15) is 0 Å². The molecule has 0 atom stereocenters. The second kappa shape index (κ2) is 4.74. The Labute approximate surface area is 102 Å². The first kappa shape index (κ1) is 12.8. The number of halogens is 2. The molecule has 0 fully saturated rings. The summed E-state index contributed by atoms with van der Waals surface area (Å²) < 4.78 is 8.03. The summed E-state index contributed by atoms with van der Waals surface area (Å²) in [6.45, 7) is 4.23. The van der Waals surface area contributed by atoms with Gasteiger partial charge in [-0.1, -0.05) is 23.2 Å². The monoisotopic (exact) mass is 263 g/mol. The van der Waals surface area contributed by atoms with Crippen LogP contribution in [-0.2, 0) is 0 Å². The zero-order valence-corrected chi connectivity index (χ0v) is 11.9. The molecule has 0 aliphatic heterocycles. The van der Waals surface area contributed by atoms with E-state index in [-0.39, 0.29) is 0 Å². The average molecular weight is 264 g/mol. The first-order valence-electron chi connectivity index (χ1n) is 4.64. The van der Waals surface area contributed by atoms with Crippen molar-refractivity contribution in [3.8, 4) is 5.75 Å². The number of hydrogen-bond donors (Lipinski definition) is 0. The van der Waals surface area contributed by atoms with Crippen molar-refractivity contribution in [2.45, 2.75) is 13.1 Å². The SMILES string of the molecule is CN(C)[Si](C)(C)Oc1cc(Cl)cc(Cl)c1. The van der Waals surface area contributed by atoms with Gasteiger partial charge in [-0.25, -0.2) is 0 Å². The molecular weight excluding hydrogens is 249 g/mol. The molecule has 0 aromatic heterocycles. The van der Waals surface area contributed by atoms with Gasteiger partial charge in [0.15, 0.2) is 0 Å². The molecule has 0 spiro atoms. The minimum atomic E-state index is -1.85. The van der Waals surface area contributed by atoms with Gasteiger partial charge < -0.3 is 4.43 Å². The smallest absolute Gasteiger partial charge is 0.324 e. The minimum Gasteiger partial charge on any atom is -0.530 e. The molecule has 1 aromatic carbocycles. The van der Waals surface area contributed by atoms with Crippen LogP contribution in [0.5, 0.6) is 5.75 Å². The van der Waals surface area contributed by atoms with Crippen molar-refractivity contribution in [1.82, 2.24) is 4.57 Å². The molecule has 0 saturated heterocycles. The van der Waals surface area contributed by atoms with E-state index in [1.165, 1.54) is 0 Å². The number of benzene rings is 1. The predicted octanol–water partition coefficient (Wildman–Crippen LogP) is 3.64. The Balaban J connectivity index is 2.89. The van der Waals surface area contributed by atoms with Crippen LogP contribution < -0.4 is 4.43 Å². The van der Waals surface area contributed by atoms with Crippen LogP contribution >= 0.6 is 23.2 Å². The summed E-state index contributed by atoms with van der Waals surface area (Å²) in [5, 5.41) is 1.20. The van der Waals surface area contributed by atoms with Crippen molar-refractivity contribution in [2.75, 3.05) is 14.1 Å². The maximum atomic E-state index is 5.92. The lowest BCUT2D eigenvalue weighted by Gasteiger charge is -2.30. The molecule has 84 valence electrons. The first-order chi connectivity index (χ1) is 6.81. The molecule has 0 unspecified atom stereocenters. The Bertz CT molecular complexity index is 335. The summed E-state index contributed by atoms with van der Waals surface area (Å²) >= 11 is 11.8. The van der Waals surface area contributed by atoms with Crippen LogP contribution in [0.25, 0.3) is 0 Å². The molecule has 0 aliphatic carbocycles. The number of rotatable bonds is 3. The Morgan fingerprint density at radius 3 is 1.93 bits per heavy atom. The van der Waals surface area contributed by atoms with Gasteiger partial charge in [-0.05, 0) is 45.4 Å². The molecular formula is C10H15Cl2NOSi. The highest BCUT2D eigenvalue weighted by molar-refractivity contribution is 6.68. The molecule has 0 amide bonds. The van der Waals surface area contributed by atoms with Crippen LogP contribution in [0.1, 0.15) is 0 Å². The van der Waals surface area contributed by atoms with Crippen LogP contribution in [0.15, 0.2) is 18.2 Å². The van der Waals surface area contributed by atoms with Gasteiger partial charge in [0.05, 0.1) is 0 Å². The van der Waals surface area contributed by atoms with Gasteiger partial charge in [0.1, 0.15) is 5.75 Å². The van der Waals surface area contributed by atoms with Crippen LogP contribution in [0.2, 0.25) is 23.1 Å². The molecule has 5 heteroatoms. The maximum absolute atomic E-state index is 5.92. The van der Waals surface area contributed by atoms with Crippen molar-refractivity contribution in [1.29, 1.82) is 0 Å². The molecule has 0 heterocycles. The van der Waals surface area contributed by atoms with E-state index in [0.29, 0.717) is 10.0 Å². The molecule has 15 heavy (non-hydrogen) atoms.